The molecule has 0 rings (SSSR count). The van der Waals surface area contributed by atoms with Crippen LogP contribution in [0.25, 0.3) is 0 Å². The molecule has 11 heavy (non-hydrogen) atoms. The zero-order valence-electron chi connectivity index (χ0n) is 7.85. The van der Waals surface area contributed by atoms with E-state index in [1.54, 1.807) is 0 Å². The minimum Gasteiger partial charge on any atom is -0.402 e. The van der Waals surface area contributed by atoms with Crippen molar-refractivity contribution in [3.8, 4) is 0 Å². The van der Waals surface area contributed by atoms with Crippen molar-refractivity contribution >= 4 is 0 Å². The molecule has 0 bridgehead atoms. The normalized spacial score (nSPS) is 13.5. The van der Waals surface area contributed by atoms with Gasteiger partial charge in [0, 0.05) is 12.2 Å². The summed E-state index contributed by atoms with van der Waals surface area (Å²) in [5.41, 5.74) is 13.4. The lowest BCUT2D eigenvalue weighted by atomic mass is 9.92. The second-order valence-electron chi connectivity index (χ2n) is 2.93. The zero-order valence-corrected chi connectivity index (χ0v) is 7.85. The zero-order chi connectivity index (χ0) is 8.85. The third kappa shape index (κ3) is 2.93. The van der Waals surface area contributed by atoms with E-state index in [4.69, 9.17) is 11.5 Å². The molecule has 0 radical (unpaired) electrons. The van der Waals surface area contributed by atoms with E-state index in [2.05, 4.69) is 13.8 Å². The Balaban J connectivity index is 4.35. The Morgan fingerprint density at radius 1 is 1.27 bits per heavy atom. The van der Waals surface area contributed by atoms with E-state index in [0.29, 0.717) is 12.5 Å². The van der Waals surface area contributed by atoms with Crippen LogP contribution >= 0.6 is 0 Å². The minimum absolute atomic E-state index is 0.588. The van der Waals surface area contributed by atoms with Crippen LogP contribution < -0.4 is 11.5 Å². The average molecular weight is 156 g/mol. The highest BCUT2D eigenvalue weighted by atomic mass is 14.6. The Hall–Kier alpha value is -0.500. The molecular formula is C9H20N2. The summed E-state index contributed by atoms with van der Waals surface area (Å²) in [4.78, 5) is 0. The van der Waals surface area contributed by atoms with Crippen LogP contribution in [0.5, 0.6) is 0 Å². The summed E-state index contributed by atoms with van der Waals surface area (Å²) in [6, 6.07) is 0. The predicted molar refractivity (Wildman–Crippen MR) is 50.0 cm³/mol. The largest absolute Gasteiger partial charge is 0.402 e. The molecule has 0 aliphatic rings. The summed E-state index contributed by atoms with van der Waals surface area (Å²) < 4.78 is 0. The summed E-state index contributed by atoms with van der Waals surface area (Å²) in [5.74, 6) is 0.588. The summed E-state index contributed by atoms with van der Waals surface area (Å²) in [6.45, 7) is 6.88. The summed E-state index contributed by atoms with van der Waals surface area (Å²) in [5, 5.41) is 0. The standard InChI is InChI=1S/C9H20N2/c1-4-8(5-2)9(6-10)7(3)11/h8H,4-6,10-11H2,1-3H3/b9-7-. The molecule has 0 amide bonds. The molecule has 0 aromatic heterocycles. The Morgan fingerprint density at radius 2 is 1.73 bits per heavy atom. The van der Waals surface area contributed by atoms with Crippen LogP contribution in [0.3, 0.4) is 0 Å². The fraction of sp³-hybridized carbons (Fsp3) is 0.778. The molecule has 0 aromatic carbocycles. The topological polar surface area (TPSA) is 52.0 Å². The highest BCUT2D eigenvalue weighted by Gasteiger charge is 2.09. The highest BCUT2D eigenvalue weighted by molar-refractivity contribution is 5.13. The maximum atomic E-state index is 5.70. The molecule has 2 nitrogen and oxygen atoms in total. The summed E-state index contributed by atoms with van der Waals surface area (Å²) in [6.07, 6.45) is 2.27. The molecule has 0 saturated heterocycles. The lowest BCUT2D eigenvalue weighted by Crippen LogP contribution is -2.16. The van der Waals surface area contributed by atoms with Gasteiger partial charge in [0.15, 0.2) is 0 Å². The lowest BCUT2D eigenvalue weighted by molar-refractivity contribution is 0.556. The molecule has 0 unspecified atom stereocenters. The number of nitrogens with two attached hydrogens (primary N) is 2. The van der Waals surface area contributed by atoms with Crippen LogP contribution in [0.15, 0.2) is 11.3 Å². The van der Waals surface area contributed by atoms with Gasteiger partial charge in [-0.2, -0.15) is 0 Å². The molecule has 0 aromatic rings. The van der Waals surface area contributed by atoms with Crippen molar-refractivity contribution in [1.29, 1.82) is 0 Å². The van der Waals surface area contributed by atoms with Crippen molar-refractivity contribution in [1.82, 2.24) is 0 Å². The maximum Gasteiger partial charge on any atom is 0.0159 e. The van der Waals surface area contributed by atoms with Gasteiger partial charge in [-0.1, -0.05) is 13.8 Å². The van der Waals surface area contributed by atoms with E-state index in [1.807, 2.05) is 6.92 Å². The van der Waals surface area contributed by atoms with Gasteiger partial charge in [-0.3, -0.25) is 0 Å². The van der Waals surface area contributed by atoms with Gasteiger partial charge in [0.1, 0.15) is 0 Å². The van der Waals surface area contributed by atoms with Crippen molar-refractivity contribution in [2.24, 2.45) is 17.4 Å². The van der Waals surface area contributed by atoms with Crippen molar-refractivity contribution < 1.29 is 0 Å². The van der Waals surface area contributed by atoms with E-state index < -0.39 is 0 Å². The Bertz CT molecular complexity index is 130. The second-order valence-corrected chi connectivity index (χ2v) is 2.93. The van der Waals surface area contributed by atoms with Crippen LogP contribution in [0.4, 0.5) is 0 Å². The molecule has 66 valence electrons. The first kappa shape index (κ1) is 10.5. The SMILES string of the molecule is CCC(CC)/C(CN)=C(/C)N. The molecule has 0 atom stereocenters. The molecule has 4 N–H and O–H groups in total. The van der Waals surface area contributed by atoms with Crippen molar-refractivity contribution in [2.75, 3.05) is 6.54 Å². The van der Waals surface area contributed by atoms with Gasteiger partial charge in [-0.15, -0.1) is 0 Å². The lowest BCUT2D eigenvalue weighted by Gasteiger charge is -2.16. The molecule has 0 saturated carbocycles. The molecule has 0 heterocycles. The van der Waals surface area contributed by atoms with Gasteiger partial charge < -0.3 is 11.5 Å². The third-order valence-corrected chi connectivity index (χ3v) is 2.20. The summed E-state index contributed by atoms with van der Waals surface area (Å²) >= 11 is 0. The van der Waals surface area contributed by atoms with Crippen molar-refractivity contribution in [3.05, 3.63) is 11.3 Å². The number of hydrogen-bond donors (Lipinski definition) is 2. The molecular weight excluding hydrogens is 136 g/mol. The monoisotopic (exact) mass is 156 g/mol. The molecule has 0 fully saturated rings. The van der Waals surface area contributed by atoms with Gasteiger partial charge in [0.2, 0.25) is 0 Å². The van der Waals surface area contributed by atoms with Crippen molar-refractivity contribution in [3.63, 3.8) is 0 Å². The summed E-state index contributed by atoms with van der Waals surface area (Å²) in [7, 11) is 0. The van der Waals surface area contributed by atoms with E-state index in [1.165, 1.54) is 5.57 Å². The second kappa shape index (κ2) is 5.19. The molecule has 2 heteroatoms. The van der Waals surface area contributed by atoms with E-state index in [9.17, 15) is 0 Å². The molecule has 0 aliphatic carbocycles. The van der Waals surface area contributed by atoms with E-state index in [0.717, 1.165) is 18.5 Å². The smallest absolute Gasteiger partial charge is 0.0159 e. The van der Waals surface area contributed by atoms with E-state index in [-0.39, 0.29) is 0 Å². The van der Waals surface area contributed by atoms with Crippen LogP contribution in [-0.4, -0.2) is 6.54 Å². The fourth-order valence-corrected chi connectivity index (χ4v) is 1.43. The third-order valence-electron chi connectivity index (χ3n) is 2.20. The molecule has 0 spiro atoms. The van der Waals surface area contributed by atoms with Crippen molar-refractivity contribution in [2.45, 2.75) is 33.6 Å². The van der Waals surface area contributed by atoms with Crippen LogP contribution in [-0.2, 0) is 0 Å². The average Bonchev–Trinajstić information content (AvgIpc) is 1.99. The van der Waals surface area contributed by atoms with Gasteiger partial charge in [-0.25, -0.2) is 0 Å². The first-order valence-corrected chi connectivity index (χ1v) is 4.32. The van der Waals surface area contributed by atoms with Gasteiger partial charge in [-0.05, 0) is 31.3 Å². The van der Waals surface area contributed by atoms with E-state index >= 15 is 0 Å². The molecule has 0 aliphatic heterocycles. The van der Waals surface area contributed by atoms with Gasteiger partial charge >= 0.3 is 0 Å². The van der Waals surface area contributed by atoms with Crippen LogP contribution in [0.1, 0.15) is 33.6 Å². The minimum atomic E-state index is 0.588. The predicted octanol–water partition coefficient (Wildman–Crippen LogP) is 1.61. The number of hydrogen-bond acceptors (Lipinski definition) is 2. The first-order chi connectivity index (χ1) is 5.17. The first-order valence-electron chi connectivity index (χ1n) is 4.32. The van der Waals surface area contributed by atoms with Crippen LogP contribution in [0.2, 0.25) is 0 Å². The maximum absolute atomic E-state index is 5.70. The highest BCUT2D eigenvalue weighted by Crippen LogP contribution is 2.18. The van der Waals surface area contributed by atoms with Gasteiger partial charge in [0.05, 0.1) is 0 Å². The quantitative estimate of drug-likeness (QED) is 0.649. The van der Waals surface area contributed by atoms with Crippen LogP contribution in [0, 0.1) is 5.92 Å². The fourth-order valence-electron chi connectivity index (χ4n) is 1.43. The number of allylic oxidation sites excluding steroid dienone is 1. The Morgan fingerprint density at radius 3 is 1.82 bits per heavy atom. The number of rotatable bonds is 4. The Kier molecular flexibility index (Phi) is 4.95. The Labute approximate surface area is 69.6 Å². The van der Waals surface area contributed by atoms with Gasteiger partial charge in [0.25, 0.3) is 0 Å².